The second-order valence-electron chi connectivity index (χ2n) is 4.73. The van der Waals surface area contributed by atoms with Crippen molar-refractivity contribution in [1.29, 1.82) is 0 Å². The quantitative estimate of drug-likeness (QED) is 0.650. The third-order valence-electron chi connectivity index (χ3n) is 3.28. The van der Waals surface area contributed by atoms with Crippen LogP contribution in [0.2, 0.25) is 0 Å². The van der Waals surface area contributed by atoms with Crippen molar-refractivity contribution in [2.45, 2.75) is 26.7 Å². The van der Waals surface area contributed by atoms with Crippen molar-refractivity contribution in [2.75, 3.05) is 5.84 Å². The van der Waals surface area contributed by atoms with Gasteiger partial charge in [-0.1, -0.05) is 26.0 Å². The number of nitrogen functional groups attached to an aromatic ring is 1. The molecule has 0 spiro atoms. The summed E-state index contributed by atoms with van der Waals surface area (Å²) in [6, 6.07) is 8.13. The van der Waals surface area contributed by atoms with Gasteiger partial charge in [0.2, 0.25) is 5.78 Å². The first-order valence-corrected chi connectivity index (χ1v) is 5.84. The maximum absolute atomic E-state index is 6.07. The number of hydrogen-bond acceptors (Lipinski definition) is 2. The lowest BCUT2D eigenvalue weighted by Gasteiger charge is -2.06. The summed E-state index contributed by atoms with van der Waals surface area (Å²) in [5.41, 5.74) is 4.42. The molecule has 2 N–H and O–H groups in total. The summed E-state index contributed by atoms with van der Waals surface area (Å²) in [4.78, 5) is 4.58. The molecule has 0 atom stereocenters. The van der Waals surface area contributed by atoms with Gasteiger partial charge in [-0.3, -0.25) is 4.40 Å². The number of hydrogen-bond donors (Lipinski definition) is 1. The van der Waals surface area contributed by atoms with Crippen molar-refractivity contribution < 1.29 is 0 Å². The van der Waals surface area contributed by atoms with Crippen LogP contribution in [-0.2, 0) is 0 Å². The van der Waals surface area contributed by atoms with Crippen LogP contribution in [0.4, 0.5) is 0 Å². The van der Waals surface area contributed by atoms with Gasteiger partial charge in [-0.15, -0.1) is 0 Å². The maximum atomic E-state index is 6.07. The Morgan fingerprint density at radius 2 is 1.94 bits per heavy atom. The molecular formula is C13H16N4. The molecule has 0 amide bonds. The molecule has 0 radical (unpaired) electrons. The predicted molar refractivity (Wildman–Crippen MR) is 69.7 cm³/mol. The Morgan fingerprint density at radius 1 is 1.24 bits per heavy atom. The number of nitrogens with two attached hydrogens (primary N) is 1. The van der Waals surface area contributed by atoms with Crippen LogP contribution in [0.1, 0.15) is 31.2 Å². The van der Waals surface area contributed by atoms with Gasteiger partial charge in [-0.2, -0.15) is 0 Å². The molecule has 17 heavy (non-hydrogen) atoms. The molecule has 1 aromatic carbocycles. The number of benzene rings is 1. The van der Waals surface area contributed by atoms with E-state index in [4.69, 9.17) is 5.84 Å². The number of imidazole rings is 2. The van der Waals surface area contributed by atoms with E-state index in [2.05, 4.69) is 29.3 Å². The standard InChI is InChI=1S/C13H16N4/c1-8(2)12-9(3)17(14)13-15-10-6-4-5-7-11(10)16(12)13/h4-8H,14H2,1-3H3. The zero-order valence-electron chi connectivity index (χ0n) is 10.3. The predicted octanol–water partition coefficient (Wildman–Crippen LogP) is 2.43. The molecular weight excluding hydrogens is 212 g/mol. The fraction of sp³-hybridized carbons (Fsp3) is 0.308. The van der Waals surface area contributed by atoms with E-state index in [9.17, 15) is 0 Å². The second-order valence-corrected chi connectivity index (χ2v) is 4.73. The summed E-state index contributed by atoms with van der Waals surface area (Å²) in [6.45, 7) is 6.39. The normalized spacial score (nSPS) is 12.0. The minimum atomic E-state index is 0.417. The molecule has 0 fully saturated rings. The van der Waals surface area contributed by atoms with Crippen molar-refractivity contribution in [2.24, 2.45) is 0 Å². The van der Waals surface area contributed by atoms with Crippen LogP contribution < -0.4 is 5.84 Å². The highest BCUT2D eigenvalue weighted by Gasteiger charge is 2.18. The van der Waals surface area contributed by atoms with E-state index in [0.29, 0.717) is 5.92 Å². The van der Waals surface area contributed by atoms with Crippen molar-refractivity contribution >= 4 is 16.8 Å². The molecule has 0 aliphatic rings. The SMILES string of the molecule is Cc1c(C(C)C)n2c3ccccc3nc2n1N. The van der Waals surface area contributed by atoms with Gasteiger partial charge >= 0.3 is 0 Å². The van der Waals surface area contributed by atoms with Gasteiger partial charge in [0, 0.05) is 0 Å². The minimum Gasteiger partial charge on any atom is -0.336 e. The Bertz CT molecular complexity index is 703. The maximum Gasteiger partial charge on any atom is 0.234 e. The Hall–Kier alpha value is -1.97. The van der Waals surface area contributed by atoms with E-state index in [0.717, 1.165) is 22.5 Å². The molecule has 0 unspecified atom stereocenters. The summed E-state index contributed by atoms with van der Waals surface area (Å²) in [6.07, 6.45) is 0. The molecule has 4 nitrogen and oxygen atoms in total. The highest BCUT2D eigenvalue weighted by molar-refractivity contribution is 5.80. The zero-order chi connectivity index (χ0) is 12.2. The van der Waals surface area contributed by atoms with Crippen molar-refractivity contribution in [1.82, 2.24) is 14.1 Å². The molecule has 2 aromatic heterocycles. The first-order chi connectivity index (χ1) is 8.11. The van der Waals surface area contributed by atoms with Gasteiger partial charge in [0.1, 0.15) is 0 Å². The molecule has 0 aliphatic carbocycles. The minimum absolute atomic E-state index is 0.417. The van der Waals surface area contributed by atoms with Crippen LogP contribution in [0, 0.1) is 6.92 Å². The van der Waals surface area contributed by atoms with E-state index >= 15 is 0 Å². The average Bonchev–Trinajstić information content (AvgIpc) is 2.77. The van der Waals surface area contributed by atoms with Crippen LogP contribution in [0.25, 0.3) is 16.8 Å². The largest absolute Gasteiger partial charge is 0.336 e. The molecule has 4 heteroatoms. The van der Waals surface area contributed by atoms with E-state index in [1.165, 1.54) is 5.69 Å². The van der Waals surface area contributed by atoms with Crippen LogP contribution >= 0.6 is 0 Å². The average molecular weight is 228 g/mol. The number of rotatable bonds is 1. The Morgan fingerprint density at radius 3 is 2.65 bits per heavy atom. The first-order valence-electron chi connectivity index (χ1n) is 5.84. The number of fused-ring (bicyclic) bond motifs is 3. The topological polar surface area (TPSA) is 48.2 Å². The molecule has 0 aliphatic heterocycles. The zero-order valence-corrected chi connectivity index (χ0v) is 10.3. The summed E-state index contributed by atoms with van der Waals surface area (Å²) in [5.74, 6) is 7.30. The van der Waals surface area contributed by atoms with Gasteiger partial charge in [0.05, 0.1) is 22.4 Å². The van der Waals surface area contributed by atoms with E-state index in [1.54, 1.807) is 4.68 Å². The lowest BCUT2D eigenvalue weighted by Crippen LogP contribution is -2.10. The molecule has 0 saturated heterocycles. The Kier molecular flexibility index (Phi) is 1.96. The van der Waals surface area contributed by atoms with Gasteiger partial charge in [0.15, 0.2) is 0 Å². The van der Waals surface area contributed by atoms with Crippen molar-refractivity contribution in [3.05, 3.63) is 35.7 Å². The number of nitrogens with zero attached hydrogens (tertiary/aromatic N) is 3. The molecule has 2 heterocycles. The summed E-state index contributed by atoms with van der Waals surface area (Å²) >= 11 is 0. The van der Waals surface area contributed by atoms with Crippen LogP contribution in [0.5, 0.6) is 0 Å². The monoisotopic (exact) mass is 228 g/mol. The van der Waals surface area contributed by atoms with E-state index in [1.807, 2.05) is 25.1 Å². The number of aromatic nitrogens is 3. The number of para-hydroxylation sites is 2. The molecule has 88 valence electrons. The first kappa shape index (κ1) is 10.2. The lowest BCUT2D eigenvalue weighted by atomic mass is 10.1. The van der Waals surface area contributed by atoms with Crippen LogP contribution in [0.15, 0.2) is 24.3 Å². The van der Waals surface area contributed by atoms with Crippen LogP contribution in [-0.4, -0.2) is 14.1 Å². The molecule has 0 bridgehead atoms. The lowest BCUT2D eigenvalue weighted by molar-refractivity contribution is 0.802. The van der Waals surface area contributed by atoms with Crippen LogP contribution in [0.3, 0.4) is 0 Å². The highest BCUT2D eigenvalue weighted by atomic mass is 15.4. The third-order valence-corrected chi connectivity index (χ3v) is 3.28. The molecule has 3 aromatic rings. The van der Waals surface area contributed by atoms with Gasteiger partial charge in [0.25, 0.3) is 0 Å². The smallest absolute Gasteiger partial charge is 0.234 e. The van der Waals surface area contributed by atoms with Gasteiger partial charge in [-0.05, 0) is 25.0 Å². The fourth-order valence-electron chi connectivity index (χ4n) is 2.52. The fourth-order valence-corrected chi connectivity index (χ4v) is 2.52. The Labute approximate surface area is 99.6 Å². The second kappa shape index (κ2) is 3.26. The van der Waals surface area contributed by atoms with Gasteiger partial charge < -0.3 is 5.84 Å². The summed E-state index contributed by atoms with van der Waals surface area (Å²) < 4.78 is 3.84. The Balaban J connectivity index is 2.57. The third kappa shape index (κ3) is 1.21. The van der Waals surface area contributed by atoms with Gasteiger partial charge in [-0.25, -0.2) is 9.66 Å². The molecule has 3 rings (SSSR count). The van der Waals surface area contributed by atoms with Crippen molar-refractivity contribution in [3.63, 3.8) is 0 Å². The highest BCUT2D eigenvalue weighted by Crippen LogP contribution is 2.26. The van der Waals surface area contributed by atoms with E-state index < -0.39 is 0 Å². The summed E-state index contributed by atoms with van der Waals surface area (Å²) in [7, 11) is 0. The van der Waals surface area contributed by atoms with E-state index in [-0.39, 0.29) is 0 Å². The summed E-state index contributed by atoms with van der Waals surface area (Å²) in [5, 5.41) is 0. The molecule has 0 saturated carbocycles. The van der Waals surface area contributed by atoms with Crippen molar-refractivity contribution in [3.8, 4) is 0 Å².